The standard InChI is InChI=1S/C14H19N3O/c1-2-3-13-10-16-11-17(13)12-4-6-14(7-5-12)18-9-8-15/h4-7,10-11H,2-3,8-9,15H2,1H3. The molecule has 0 radical (unpaired) electrons. The predicted octanol–water partition coefficient (Wildman–Crippen LogP) is 2.16. The number of imidazole rings is 1. The van der Waals surface area contributed by atoms with Crippen molar-refractivity contribution in [1.82, 2.24) is 9.55 Å². The first-order chi connectivity index (χ1) is 8.85. The molecule has 1 aromatic heterocycles. The zero-order valence-corrected chi connectivity index (χ0v) is 10.7. The molecule has 96 valence electrons. The van der Waals surface area contributed by atoms with E-state index in [4.69, 9.17) is 10.5 Å². The Labute approximate surface area is 107 Å². The molecule has 0 saturated heterocycles. The molecule has 0 aliphatic heterocycles. The Morgan fingerprint density at radius 1 is 1.28 bits per heavy atom. The second kappa shape index (κ2) is 6.21. The summed E-state index contributed by atoms with van der Waals surface area (Å²) in [5, 5.41) is 0. The van der Waals surface area contributed by atoms with Crippen LogP contribution in [0.15, 0.2) is 36.8 Å². The molecule has 0 bridgehead atoms. The van der Waals surface area contributed by atoms with Gasteiger partial charge < -0.3 is 15.0 Å². The van der Waals surface area contributed by atoms with Crippen LogP contribution >= 0.6 is 0 Å². The first kappa shape index (κ1) is 12.6. The van der Waals surface area contributed by atoms with Crippen molar-refractivity contribution >= 4 is 0 Å². The second-order valence-electron chi connectivity index (χ2n) is 4.14. The summed E-state index contributed by atoms with van der Waals surface area (Å²) in [7, 11) is 0. The van der Waals surface area contributed by atoms with Crippen LogP contribution in [0.4, 0.5) is 0 Å². The fourth-order valence-electron chi connectivity index (χ4n) is 1.88. The molecule has 0 amide bonds. The summed E-state index contributed by atoms with van der Waals surface area (Å²) in [4.78, 5) is 4.20. The lowest BCUT2D eigenvalue weighted by atomic mass is 10.2. The van der Waals surface area contributed by atoms with Crippen LogP contribution in [-0.4, -0.2) is 22.7 Å². The van der Waals surface area contributed by atoms with Gasteiger partial charge in [0.15, 0.2) is 0 Å². The van der Waals surface area contributed by atoms with Gasteiger partial charge in [0.25, 0.3) is 0 Å². The van der Waals surface area contributed by atoms with Crippen molar-refractivity contribution in [3.05, 3.63) is 42.5 Å². The number of hydrogen-bond donors (Lipinski definition) is 1. The van der Waals surface area contributed by atoms with Gasteiger partial charge in [-0.25, -0.2) is 4.98 Å². The van der Waals surface area contributed by atoms with Crippen LogP contribution in [-0.2, 0) is 6.42 Å². The quantitative estimate of drug-likeness (QED) is 0.848. The fourth-order valence-corrected chi connectivity index (χ4v) is 1.88. The van der Waals surface area contributed by atoms with E-state index in [-0.39, 0.29) is 0 Å². The first-order valence-electron chi connectivity index (χ1n) is 6.29. The number of ether oxygens (including phenoxy) is 1. The lowest BCUT2D eigenvalue weighted by molar-refractivity contribution is 0.328. The van der Waals surface area contributed by atoms with Crippen LogP contribution in [0.3, 0.4) is 0 Å². The summed E-state index contributed by atoms with van der Waals surface area (Å²) in [6.45, 7) is 3.25. The molecule has 4 heteroatoms. The normalized spacial score (nSPS) is 10.6. The van der Waals surface area contributed by atoms with Crippen LogP contribution < -0.4 is 10.5 Å². The minimum absolute atomic E-state index is 0.532. The molecule has 0 saturated carbocycles. The van der Waals surface area contributed by atoms with Crippen molar-refractivity contribution in [2.45, 2.75) is 19.8 Å². The van der Waals surface area contributed by atoms with Crippen molar-refractivity contribution in [2.75, 3.05) is 13.2 Å². The van der Waals surface area contributed by atoms with Gasteiger partial charge in [-0.2, -0.15) is 0 Å². The first-order valence-corrected chi connectivity index (χ1v) is 6.29. The highest BCUT2D eigenvalue weighted by atomic mass is 16.5. The van der Waals surface area contributed by atoms with Gasteiger partial charge >= 0.3 is 0 Å². The van der Waals surface area contributed by atoms with Crippen LogP contribution in [0.2, 0.25) is 0 Å². The Balaban J connectivity index is 2.15. The molecule has 1 aromatic carbocycles. The SMILES string of the molecule is CCCc1cncn1-c1ccc(OCCN)cc1. The van der Waals surface area contributed by atoms with Gasteiger partial charge in [0, 0.05) is 24.1 Å². The average molecular weight is 245 g/mol. The van der Waals surface area contributed by atoms with Crippen molar-refractivity contribution in [3.63, 3.8) is 0 Å². The second-order valence-corrected chi connectivity index (χ2v) is 4.14. The molecule has 2 rings (SSSR count). The highest BCUT2D eigenvalue weighted by molar-refractivity contribution is 5.38. The summed E-state index contributed by atoms with van der Waals surface area (Å²) in [6.07, 6.45) is 5.91. The Kier molecular flexibility index (Phi) is 4.36. The van der Waals surface area contributed by atoms with Crippen LogP contribution in [0.5, 0.6) is 5.75 Å². The maximum atomic E-state index is 5.46. The third-order valence-corrected chi connectivity index (χ3v) is 2.72. The summed E-state index contributed by atoms with van der Waals surface area (Å²) >= 11 is 0. The van der Waals surface area contributed by atoms with Gasteiger partial charge in [-0.15, -0.1) is 0 Å². The van der Waals surface area contributed by atoms with Gasteiger partial charge in [-0.1, -0.05) is 13.3 Å². The number of rotatable bonds is 6. The van der Waals surface area contributed by atoms with Crippen LogP contribution in [0.25, 0.3) is 5.69 Å². The topological polar surface area (TPSA) is 53.1 Å². The number of aromatic nitrogens is 2. The third-order valence-electron chi connectivity index (χ3n) is 2.72. The van der Waals surface area contributed by atoms with Crippen molar-refractivity contribution < 1.29 is 4.74 Å². The Bertz CT molecular complexity index is 476. The zero-order valence-electron chi connectivity index (χ0n) is 10.7. The van der Waals surface area contributed by atoms with Gasteiger partial charge in [-0.3, -0.25) is 0 Å². The van der Waals surface area contributed by atoms with Crippen molar-refractivity contribution in [1.29, 1.82) is 0 Å². The highest BCUT2D eigenvalue weighted by Crippen LogP contribution is 2.17. The van der Waals surface area contributed by atoms with Crippen molar-refractivity contribution in [3.8, 4) is 11.4 Å². The molecule has 0 aliphatic rings. The summed E-state index contributed by atoms with van der Waals surface area (Å²) in [5.41, 5.74) is 7.74. The minimum atomic E-state index is 0.532. The van der Waals surface area contributed by atoms with Crippen LogP contribution in [0, 0.1) is 0 Å². The monoisotopic (exact) mass is 245 g/mol. The van der Waals surface area contributed by atoms with E-state index in [1.165, 1.54) is 5.69 Å². The smallest absolute Gasteiger partial charge is 0.119 e. The van der Waals surface area contributed by atoms with E-state index in [0.717, 1.165) is 24.3 Å². The summed E-state index contributed by atoms with van der Waals surface area (Å²) < 4.78 is 7.56. The number of benzene rings is 1. The van der Waals surface area contributed by atoms with Gasteiger partial charge in [0.1, 0.15) is 12.4 Å². The molecule has 4 nitrogen and oxygen atoms in total. The van der Waals surface area contributed by atoms with Crippen LogP contribution in [0.1, 0.15) is 19.0 Å². The minimum Gasteiger partial charge on any atom is -0.492 e. The van der Waals surface area contributed by atoms with E-state index in [0.29, 0.717) is 13.2 Å². The maximum absolute atomic E-state index is 5.46. The molecular formula is C14H19N3O. The van der Waals surface area contributed by atoms with E-state index in [1.807, 2.05) is 36.8 Å². The summed E-state index contributed by atoms with van der Waals surface area (Å²) in [5.74, 6) is 0.848. The lowest BCUT2D eigenvalue weighted by Gasteiger charge is -2.09. The van der Waals surface area contributed by atoms with E-state index in [1.54, 1.807) is 0 Å². The third kappa shape index (κ3) is 2.90. The molecule has 0 spiro atoms. The zero-order chi connectivity index (χ0) is 12.8. The average Bonchev–Trinajstić information content (AvgIpc) is 2.86. The molecule has 0 aliphatic carbocycles. The summed E-state index contributed by atoms with van der Waals surface area (Å²) in [6, 6.07) is 7.99. The van der Waals surface area contributed by atoms with E-state index < -0.39 is 0 Å². The van der Waals surface area contributed by atoms with Crippen molar-refractivity contribution in [2.24, 2.45) is 5.73 Å². The number of nitrogens with zero attached hydrogens (tertiary/aromatic N) is 2. The molecule has 1 heterocycles. The maximum Gasteiger partial charge on any atom is 0.119 e. The molecule has 2 aromatic rings. The molecule has 0 fully saturated rings. The molecule has 0 atom stereocenters. The number of aryl methyl sites for hydroxylation is 1. The van der Waals surface area contributed by atoms with E-state index in [9.17, 15) is 0 Å². The van der Waals surface area contributed by atoms with Gasteiger partial charge in [0.05, 0.1) is 6.33 Å². The highest BCUT2D eigenvalue weighted by Gasteiger charge is 2.03. The number of hydrogen-bond acceptors (Lipinski definition) is 3. The molecule has 18 heavy (non-hydrogen) atoms. The lowest BCUT2D eigenvalue weighted by Crippen LogP contribution is -2.10. The Hall–Kier alpha value is -1.81. The van der Waals surface area contributed by atoms with Gasteiger partial charge in [-0.05, 0) is 30.7 Å². The Morgan fingerprint density at radius 3 is 2.72 bits per heavy atom. The molecule has 0 unspecified atom stereocenters. The Morgan fingerprint density at radius 2 is 2.06 bits per heavy atom. The number of nitrogens with two attached hydrogens (primary N) is 1. The predicted molar refractivity (Wildman–Crippen MR) is 72.1 cm³/mol. The largest absolute Gasteiger partial charge is 0.492 e. The molecule has 2 N–H and O–H groups in total. The van der Waals surface area contributed by atoms with Gasteiger partial charge in [0.2, 0.25) is 0 Å². The molecular weight excluding hydrogens is 226 g/mol. The fraction of sp³-hybridized carbons (Fsp3) is 0.357. The van der Waals surface area contributed by atoms with E-state index in [2.05, 4.69) is 16.5 Å². The van der Waals surface area contributed by atoms with E-state index >= 15 is 0 Å².